The normalized spacial score (nSPS) is 11.2. The fraction of sp³-hybridized carbons (Fsp3) is 0. The third-order valence-electron chi connectivity index (χ3n) is 2.73. The Morgan fingerprint density at radius 2 is 1.33 bits per heavy atom. The SMILES string of the molecule is O=[N+]([O-])c1ccc(Cl)c(S(=O)(=O)O)c1.O=[N+]([O-])c1cccc(S(=O)(=O)O)c1. The monoisotopic (exact) mass is 440 g/mol. The minimum absolute atomic E-state index is 0.266. The molecule has 0 bridgehead atoms. The fourth-order valence-electron chi connectivity index (χ4n) is 1.56. The number of halogens is 1. The molecule has 2 rings (SSSR count). The summed E-state index contributed by atoms with van der Waals surface area (Å²) in [4.78, 5) is 17.8. The largest absolute Gasteiger partial charge is 0.296 e. The van der Waals surface area contributed by atoms with E-state index in [1.807, 2.05) is 0 Å². The van der Waals surface area contributed by atoms with Crippen molar-refractivity contribution in [2.24, 2.45) is 0 Å². The number of benzene rings is 2. The number of rotatable bonds is 4. The number of nitro benzene ring substituents is 2. The van der Waals surface area contributed by atoms with Crippen LogP contribution in [0.2, 0.25) is 5.02 Å². The highest BCUT2D eigenvalue weighted by Gasteiger charge is 2.18. The molecule has 27 heavy (non-hydrogen) atoms. The van der Waals surface area contributed by atoms with E-state index in [0.29, 0.717) is 6.07 Å². The minimum Gasteiger partial charge on any atom is -0.282 e. The first-order valence-electron chi connectivity index (χ1n) is 6.37. The van der Waals surface area contributed by atoms with Gasteiger partial charge in [-0.05, 0) is 12.1 Å². The predicted molar refractivity (Wildman–Crippen MR) is 90.8 cm³/mol. The summed E-state index contributed by atoms with van der Waals surface area (Å²) in [6, 6.07) is 6.94. The lowest BCUT2D eigenvalue weighted by Gasteiger charge is -1.99. The van der Waals surface area contributed by atoms with Crippen molar-refractivity contribution in [2.45, 2.75) is 9.79 Å². The van der Waals surface area contributed by atoms with Crippen molar-refractivity contribution in [1.29, 1.82) is 0 Å². The molecule has 0 atom stereocenters. The summed E-state index contributed by atoms with van der Waals surface area (Å²) in [7, 11) is -8.89. The van der Waals surface area contributed by atoms with Crippen LogP contribution in [0, 0.1) is 20.2 Å². The van der Waals surface area contributed by atoms with E-state index in [9.17, 15) is 37.1 Å². The van der Waals surface area contributed by atoms with Crippen LogP contribution in [0.1, 0.15) is 0 Å². The molecule has 12 nitrogen and oxygen atoms in total. The predicted octanol–water partition coefficient (Wildman–Crippen LogP) is 2.34. The van der Waals surface area contributed by atoms with Crippen LogP contribution in [0.5, 0.6) is 0 Å². The maximum Gasteiger partial charge on any atom is 0.296 e. The molecule has 0 radical (unpaired) electrons. The van der Waals surface area contributed by atoms with Gasteiger partial charge in [0, 0.05) is 24.3 Å². The lowest BCUT2D eigenvalue weighted by Crippen LogP contribution is -2.00. The molecule has 0 aliphatic rings. The molecule has 0 saturated carbocycles. The van der Waals surface area contributed by atoms with Gasteiger partial charge in [0.1, 0.15) is 9.79 Å². The average molecular weight is 441 g/mol. The van der Waals surface area contributed by atoms with Gasteiger partial charge < -0.3 is 0 Å². The molecule has 146 valence electrons. The van der Waals surface area contributed by atoms with E-state index in [2.05, 4.69) is 0 Å². The van der Waals surface area contributed by atoms with E-state index in [1.54, 1.807) is 0 Å². The Bertz CT molecular complexity index is 1100. The average Bonchev–Trinajstić information content (AvgIpc) is 2.54. The molecule has 0 unspecified atom stereocenters. The summed E-state index contributed by atoms with van der Waals surface area (Å²) < 4.78 is 59.6. The van der Waals surface area contributed by atoms with E-state index in [0.717, 1.165) is 30.3 Å². The van der Waals surface area contributed by atoms with E-state index >= 15 is 0 Å². The molecular formula is C12H9ClN2O10S2. The summed E-state index contributed by atoms with van der Waals surface area (Å²) >= 11 is 5.42. The summed E-state index contributed by atoms with van der Waals surface area (Å²) in [6.07, 6.45) is 0. The van der Waals surface area contributed by atoms with Gasteiger partial charge >= 0.3 is 0 Å². The van der Waals surface area contributed by atoms with Crippen LogP contribution in [-0.4, -0.2) is 35.8 Å². The third kappa shape index (κ3) is 6.54. The highest BCUT2D eigenvalue weighted by atomic mass is 35.5. The second-order valence-electron chi connectivity index (χ2n) is 4.58. The van der Waals surface area contributed by atoms with Crippen molar-refractivity contribution in [3.05, 3.63) is 67.7 Å². The molecule has 2 aromatic rings. The van der Waals surface area contributed by atoms with Gasteiger partial charge in [-0.2, -0.15) is 16.8 Å². The van der Waals surface area contributed by atoms with Gasteiger partial charge in [0.05, 0.1) is 14.9 Å². The molecule has 0 amide bonds. The van der Waals surface area contributed by atoms with Crippen LogP contribution < -0.4 is 0 Å². The van der Waals surface area contributed by atoms with Gasteiger partial charge in [0.15, 0.2) is 0 Å². The van der Waals surface area contributed by atoms with Crippen LogP contribution >= 0.6 is 11.6 Å². The van der Waals surface area contributed by atoms with Crippen molar-refractivity contribution in [3.8, 4) is 0 Å². The molecule has 2 aromatic carbocycles. The summed E-state index contributed by atoms with van der Waals surface area (Å²) in [5.74, 6) is 0. The topological polar surface area (TPSA) is 195 Å². The van der Waals surface area contributed by atoms with Crippen molar-refractivity contribution >= 4 is 43.2 Å². The molecule has 0 aliphatic carbocycles. The lowest BCUT2D eigenvalue weighted by molar-refractivity contribution is -0.385. The Morgan fingerprint density at radius 1 is 0.815 bits per heavy atom. The zero-order valence-corrected chi connectivity index (χ0v) is 15.2. The Labute approximate surface area is 156 Å². The smallest absolute Gasteiger partial charge is 0.282 e. The van der Waals surface area contributed by atoms with Crippen LogP contribution in [-0.2, 0) is 20.2 Å². The number of hydrogen-bond donors (Lipinski definition) is 2. The van der Waals surface area contributed by atoms with E-state index in [1.165, 1.54) is 6.07 Å². The van der Waals surface area contributed by atoms with Gasteiger partial charge in [-0.25, -0.2) is 0 Å². The maximum atomic E-state index is 10.7. The van der Waals surface area contributed by atoms with Crippen molar-refractivity contribution in [3.63, 3.8) is 0 Å². The Kier molecular flexibility index (Phi) is 6.93. The number of non-ortho nitro benzene ring substituents is 2. The first-order valence-corrected chi connectivity index (χ1v) is 9.62. The molecule has 0 saturated heterocycles. The van der Waals surface area contributed by atoms with E-state index in [4.69, 9.17) is 20.7 Å². The highest BCUT2D eigenvalue weighted by molar-refractivity contribution is 7.86. The van der Waals surface area contributed by atoms with E-state index < -0.39 is 45.6 Å². The van der Waals surface area contributed by atoms with Gasteiger partial charge in [-0.15, -0.1) is 0 Å². The van der Waals surface area contributed by atoms with Crippen LogP contribution in [0.3, 0.4) is 0 Å². The standard InChI is InChI=1S/C6H4ClNO5S.C6H5NO5S/c7-5-2-1-4(8(9)10)3-6(5)14(11,12)13;8-7(9)5-2-1-3-6(4-5)13(10,11)12/h1-3H,(H,11,12,13);1-4H,(H,10,11,12). The van der Waals surface area contributed by atoms with Gasteiger partial charge in [0.25, 0.3) is 31.6 Å². The van der Waals surface area contributed by atoms with E-state index in [-0.39, 0.29) is 10.7 Å². The number of nitro groups is 2. The first-order chi connectivity index (χ1) is 12.2. The molecule has 0 aliphatic heterocycles. The quantitative estimate of drug-likeness (QED) is 0.404. The Balaban J connectivity index is 0.000000271. The first kappa shape index (κ1) is 22.4. The fourth-order valence-corrected chi connectivity index (χ4v) is 3.08. The second-order valence-corrected chi connectivity index (χ2v) is 7.80. The second kappa shape index (κ2) is 8.36. The summed E-state index contributed by atoms with van der Waals surface area (Å²) in [5, 5.41) is 20.2. The molecule has 0 heterocycles. The van der Waals surface area contributed by atoms with Crippen molar-refractivity contribution < 1.29 is 35.8 Å². The van der Waals surface area contributed by atoms with Crippen LogP contribution in [0.15, 0.2) is 52.3 Å². The van der Waals surface area contributed by atoms with Gasteiger partial charge in [0.2, 0.25) is 0 Å². The van der Waals surface area contributed by atoms with Crippen LogP contribution in [0.4, 0.5) is 11.4 Å². The molecule has 2 N–H and O–H groups in total. The van der Waals surface area contributed by atoms with Gasteiger partial charge in [-0.1, -0.05) is 17.7 Å². The Hall–Kier alpha value is -2.65. The molecule has 0 fully saturated rings. The van der Waals surface area contributed by atoms with Gasteiger partial charge in [-0.3, -0.25) is 29.3 Å². The lowest BCUT2D eigenvalue weighted by atomic mass is 10.3. The minimum atomic E-state index is -4.53. The van der Waals surface area contributed by atoms with Crippen molar-refractivity contribution in [1.82, 2.24) is 0 Å². The molecule has 0 spiro atoms. The Morgan fingerprint density at radius 3 is 1.78 bits per heavy atom. The molecule has 0 aromatic heterocycles. The summed E-state index contributed by atoms with van der Waals surface area (Å²) in [6.45, 7) is 0. The number of hydrogen-bond acceptors (Lipinski definition) is 8. The maximum absolute atomic E-state index is 10.7. The molecule has 15 heteroatoms. The third-order valence-corrected chi connectivity index (χ3v) is 4.91. The van der Waals surface area contributed by atoms with Crippen LogP contribution in [0.25, 0.3) is 0 Å². The van der Waals surface area contributed by atoms with Crippen molar-refractivity contribution in [2.75, 3.05) is 0 Å². The highest BCUT2D eigenvalue weighted by Crippen LogP contribution is 2.25. The zero-order chi connectivity index (χ0) is 21.0. The molecular weight excluding hydrogens is 432 g/mol. The zero-order valence-electron chi connectivity index (χ0n) is 12.8. The number of nitrogens with zero attached hydrogens (tertiary/aromatic N) is 2. The summed E-state index contributed by atoms with van der Waals surface area (Å²) in [5.41, 5.74) is -0.836.